The lowest BCUT2D eigenvalue weighted by atomic mass is 10.2. The van der Waals surface area contributed by atoms with E-state index in [2.05, 4.69) is 10.2 Å². The largest absolute Gasteiger partial charge is 0.342 e. The Balaban J connectivity index is 1.88. The first-order chi connectivity index (χ1) is 13.9. The monoisotopic (exact) mass is 419 g/mol. The molecule has 1 saturated heterocycles. The number of benzene rings is 1. The lowest BCUT2D eigenvalue weighted by Gasteiger charge is -2.24. The average molecular weight is 420 g/mol. The fourth-order valence-electron chi connectivity index (χ4n) is 3.45. The molecular formula is C21H30FN5OS. The molecule has 1 aliphatic rings. The third-order valence-electron chi connectivity index (χ3n) is 5.44. The van der Waals surface area contributed by atoms with Gasteiger partial charge in [0.1, 0.15) is 5.82 Å². The second kappa shape index (κ2) is 9.71. The van der Waals surface area contributed by atoms with Gasteiger partial charge in [-0.25, -0.2) is 4.39 Å². The first kappa shape index (κ1) is 21.8. The zero-order chi connectivity index (χ0) is 21.0. The molecule has 0 bridgehead atoms. The predicted molar refractivity (Wildman–Crippen MR) is 114 cm³/mol. The van der Waals surface area contributed by atoms with Crippen molar-refractivity contribution in [3.63, 3.8) is 0 Å². The summed E-state index contributed by atoms with van der Waals surface area (Å²) in [6, 6.07) is 6.31. The van der Waals surface area contributed by atoms with Crippen molar-refractivity contribution in [3.05, 3.63) is 35.9 Å². The normalized spacial score (nSPS) is 17.2. The van der Waals surface area contributed by atoms with Gasteiger partial charge in [-0.3, -0.25) is 14.3 Å². The van der Waals surface area contributed by atoms with Gasteiger partial charge >= 0.3 is 0 Å². The fourth-order valence-corrected chi connectivity index (χ4v) is 4.41. The Morgan fingerprint density at radius 2 is 1.69 bits per heavy atom. The molecule has 6 nitrogen and oxygen atoms in total. The van der Waals surface area contributed by atoms with E-state index in [0.717, 1.165) is 37.4 Å². The minimum atomic E-state index is -0.289. The number of hydrogen-bond donors (Lipinski definition) is 0. The molecule has 2 heterocycles. The number of nitrogens with zero attached hydrogens (tertiary/aromatic N) is 5. The van der Waals surface area contributed by atoms with Gasteiger partial charge in [0.25, 0.3) is 0 Å². The molecule has 3 rings (SSSR count). The number of carbonyl (C=O) groups excluding carboxylic acids is 1. The summed E-state index contributed by atoms with van der Waals surface area (Å²) in [5, 5.41) is 9.18. The van der Waals surface area contributed by atoms with Crippen LogP contribution >= 0.6 is 11.8 Å². The molecule has 1 amide bonds. The van der Waals surface area contributed by atoms with Crippen LogP contribution in [0.3, 0.4) is 0 Å². The molecular weight excluding hydrogens is 389 g/mol. The van der Waals surface area contributed by atoms with Crippen molar-refractivity contribution in [2.45, 2.75) is 56.0 Å². The highest BCUT2D eigenvalue weighted by Gasteiger charge is 2.27. The van der Waals surface area contributed by atoms with Crippen molar-refractivity contribution < 1.29 is 9.18 Å². The van der Waals surface area contributed by atoms with Crippen LogP contribution in [0.2, 0.25) is 0 Å². The molecule has 0 unspecified atom stereocenters. The molecule has 1 aromatic carbocycles. The van der Waals surface area contributed by atoms with Crippen LogP contribution in [0.25, 0.3) is 5.69 Å². The number of halogens is 1. The molecule has 0 aliphatic carbocycles. The van der Waals surface area contributed by atoms with Crippen LogP contribution in [0.15, 0.2) is 29.4 Å². The molecule has 1 aliphatic heterocycles. The molecule has 0 spiro atoms. The zero-order valence-corrected chi connectivity index (χ0v) is 18.5. The molecule has 8 heteroatoms. The van der Waals surface area contributed by atoms with Crippen molar-refractivity contribution in [2.75, 3.05) is 27.2 Å². The fraction of sp³-hybridized carbons (Fsp3) is 0.571. The van der Waals surface area contributed by atoms with E-state index in [1.165, 1.54) is 36.7 Å². The average Bonchev–Trinajstić information content (AvgIpc) is 2.92. The molecule has 2 atom stereocenters. The Bertz CT molecular complexity index is 815. The number of amides is 1. The van der Waals surface area contributed by atoms with Crippen LogP contribution < -0.4 is 0 Å². The third kappa shape index (κ3) is 5.17. The minimum Gasteiger partial charge on any atom is -0.342 e. The molecule has 0 N–H and O–H groups in total. The lowest BCUT2D eigenvalue weighted by molar-refractivity contribution is -0.130. The summed E-state index contributed by atoms with van der Waals surface area (Å²) < 4.78 is 15.4. The van der Waals surface area contributed by atoms with Gasteiger partial charge in [-0.1, -0.05) is 24.6 Å². The maximum absolute atomic E-state index is 13.5. The Morgan fingerprint density at radius 3 is 2.28 bits per heavy atom. The van der Waals surface area contributed by atoms with Crippen molar-refractivity contribution in [1.29, 1.82) is 0 Å². The smallest absolute Gasteiger partial charge is 0.235 e. The molecule has 1 fully saturated rings. The lowest BCUT2D eigenvalue weighted by Crippen LogP contribution is -2.37. The van der Waals surface area contributed by atoms with Crippen LogP contribution in [0, 0.1) is 5.82 Å². The molecule has 29 heavy (non-hydrogen) atoms. The Labute approximate surface area is 176 Å². The zero-order valence-electron chi connectivity index (χ0n) is 17.6. The topological polar surface area (TPSA) is 54.3 Å². The van der Waals surface area contributed by atoms with Gasteiger partial charge in [0, 0.05) is 18.8 Å². The highest BCUT2D eigenvalue weighted by Crippen LogP contribution is 2.30. The van der Waals surface area contributed by atoms with Crippen LogP contribution in [0.4, 0.5) is 4.39 Å². The van der Waals surface area contributed by atoms with Crippen LogP contribution in [0.1, 0.15) is 51.4 Å². The van der Waals surface area contributed by atoms with Gasteiger partial charge in [-0.05, 0) is 65.0 Å². The van der Waals surface area contributed by atoms with Crippen LogP contribution in [-0.2, 0) is 4.79 Å². The van der Waals surface area contributed by atoms with Crippen molar-refractivity contribution >= 4 is 17.7 Å². The van der Waals surface area contributed by atoms with E-state index >= 15 is 0 Å². The minimum absolute atomic E-state index is 0.0125. The number of rotatable bonds is 6. The van der Waals surface area contributed by atoms with E-state index in [-0.39, 0.29) is 23.0 Å². The number of aromatic nitrogens is 3. The molecule has 158 valence electrons. The van der Waals surface area contributed by atoms with Gasteiger partial charge in [0.05, 0.1) is 11.3 Å². The van der Waals surface area contributed by atoms with E-state index in [4.69, 9.17) is 0 Å². The molecule has 2 aromatic rings. The van der Waals surface area contributed by atoms with E-state index < -0.39 is 0 Å². The second-order valence-electron chi connectivity index (χ2n) is 7.79. The van der Waals surface area contributed by atoms with E-state index in [0.29, 0.717) is 5.16 Å². The van der Waals surface area contributed by atoms with Crippen molar-refractivity contribution in [2.24, 2.45) is 0 Å². The highest BCUT2D eigenvalue weighted by atomic mass is 32.2. The summed E-state index contributed by atoms with van der Waals surface area (Å²) in [5.41, 5.74) is 0.789. The summed E-state index contributed by atoms with van der Waals surface area (Å²) in [6.45, 7) is 5.63. The van der Waals surface area contributed by atoms with Gasteiger partial charge in [-0.15, -0.1) is 10.2 Å². The number of carbonyl (C=O) groups is 1. The van der Waals surface area contributed by atoms with E-state index in [1.54, 1.807) is 12.1 Å². The summed E-state index contributed by atoms with van der Waals surface area (Å²) >= 11 is 1.41. The molecule has 1 aromatic heterocycles. The van der Waals surface area contributed by atoms with Gasteiger partial charge in [-0.2, -0.15) is 0 Å². The first-order valence-corrected chi connectivity index (χ1v) is 11.1. The Hall–Kier alpha value is -1.93. The van der Waals surface area contributed by atoms with Crippen molar-refractivity contribution in [3.8, 4) is 5.69 Å². The summed E-state index contributed by atoms with van der Waals surface area (Å²) in [7, 11) is 3.96. The standard InChI is InChI=1S/C21H30FN5OS/c1-15(25(3)4)19-23-24-21(27(19)18-11-9-17(22)10-12-18)29-16(2)20(28)26-13-7-5-6-8-14-26/h9-12,15-16H,5-8,13-14H2,1-4H3/t15-,16-/m0/s1. The second-order valence-corrected chi connectivity index (χ2v) is 9.10. The summed E-state index contributed by atoms with van der Waals surface area (Å²) in [5.74, 6) is 0.620. The Kier molecular flexibility index (Phi) is 7.29. The quantitative estimate of drug-likeness (QED) is 0.665. The molecule has 0 saturated carbocycles. The first-order valence-electron chi connectivity index (χ1n) is 10.2. The number of likely N-dealkylation sites (tertiary alicyclic amines) is 1. The highest BCUT2D eigenvalue weighted by molar-refractivity contribution is 8.00. The molecule has 0 radical (unpaired) electrons. The number of thioether (sulfide) groups is 1. The Morgan fingerprint density at radius 1 is 1.07 bits per heavy atom. The summed E-state index contributed by atoms with van der Waals surface area (Å²) in [6.07, 6.45) is 4.52. The SMILES string of the molecule is C[C@H](Sc1nnc([C@H](C)N(C)C)n1-c1ccc(F)cc1)C(=O)N1CCCCCC1. The maximum Gasteiger partial charge on any atom is 0.235 e. The van der Waals surface area contributed by atoms with Gasteiger partial charge < -0.3 is 4.90 Å². The number of hydrogen-bond acceptors (Lipinski definition) is 5. The van der Waals surface area contributed by atoms with Gasteiger partial charge in [0.15, 0.2) is 11.0 Å². The van der Waals surface area contributed by atoms with E-state index in [1.807, 2.05) is 42.3 Å². The van der Waals surface area contributed by atoms with Gasteiger partial charge in [0.2, 0.25) is 5.91 Å². The van der Waals surface area contributed by atoms with Crippen molar-refractivity contribution in [1.82, 2.24) is 24.6 Å². The summed E-state index contributed by atoms with van der Waals surface area (Å²) in [4.78, 5) is 17.0. The third-order valence-corrected chi connectivity index (χ3v) is 6.47. The van der Waals surface area contributed by atoms with Crippen LogP contribution in [0.5, 0.6) is 0 Å². The van der Waals surface area contributed by atoms with E-state index in [9.17, 15) is 9.18 Å². The predicted octanol–water partition coefficient (Wildman–Crippen LogP) is 3.91. The van der Waals surface area contributed by atoms with Crippen LogP contribution in [-0.4, -0.2) is 62.9 Å². The maximum atomic E-state index is 13.5.